The van der Waals surface area contributed by atoms with Gasteiger partial charge in [0.2, 0.25) is 0 Å². The Morgan fingerprint density at radius 2 is 1.86 bits per heavy atom. The van der Waals surface area contributed by atoms with E-state index >= 15 is 0 Å². The van der Waals surface area contributed by atoms with E-state index in [2.05, 4.69) is 20.7 Å². The van der Waals surface area contributed by atoms with E-state index in [4.69, 9.17) is 0 Å². The first kappa shape index (κ1) is 12.4. The summed E-state index contributed by atoms with van der Waals surface area (Å²) in [5.41, 5.74) is -0.207. The van der Waals surface area contributed by atoms with Gasteiger partial charge < -0.3 is 0 Å². The van der Waals surface area contributed by atoms with Crippen LogP contribution in [0, 0.1) is 0 Å². The zero-order valence-corrected chi connectivity index (χ0v) is 11.0. The van der Waals surface area contributed by atoms with Crippen molar-refractivity contribution in [3.05, 3.63) is 0 Å². The molecule has 1 aliphatic rings. The van der Waals surface area contributed by atoms with E-state index in [1.165, 1.54) is 4.31 Å². The summed E-state index contributed by atoms with van der Waals surface area (Å²) in [4.78, 5) is 0. The quantitative estimate of drug-likeness (QED) is 0.743. The molecular formula is C8H17BrN2O2S. The van der Waals surface area contributed by atoms with Crippen molar-refractivity contribution in [3.8, 4) is 0 Å². The monoisotopic (exact) mass is 284 g/mol. The molecule has 1 rings (SSSR count). The zero-order chi connectivity index (χ0) is 10.8. The van der Waals surface area contributed by atoms with Crippen LogP contribution in [-0.2, 0) is 10.2 Å². The summed E-state index contributed by atoms with van der Waals surface area (Å²) in [7, 11) is -3.28. The summed E-state index contributed by atoms with van der Waals surface area (Å²) in [6, 6.07) is 0. The third-order valence-corrected chi connectivity index (χ3v) is 5.46. The van der Waals surface area contributed by atoms with Crippen LogP contribution in [0.3, 0.4) is 0 Å². The number of nitrogens with zero attached hydrogens (tertiary/aromatic N) is 1. The van der Waals surface area contributed by atoms with E-state index < -0.39 is 10.2 Å². The van der Waals surface area contributed by atoms with Gasteiger partial charge in [-0.25, -0.2) is 0 Å². The highest BCUT2D eigenvalue weighted by atomic mass is 79.9. The maximum atomic E-state index is 11.8. The van der Waals surface area contributed by atoms with Gasteiger partial charge in [-0.1, -0.05) is 29.8 Å². The first-order valence-corrected chi connectivity index (χ1v) is 7.41. The topological polar surface area (TPSA) is 49.4 Å². The maximum absolute atomic E-state index is 11.8. The van der Waals surface area contributed by atoms with Crippen LogP contribution in [-0.4, -0.2) is 36.7 Å². The lowest BCUT2D eigenvalue weighted by Gasteiger charge is -2.22. The van der Waals surface area contributed by atoms with Gasteiger partial charge in [-0.3, -0.25) is 0 Å². The van der Waals surface area contributed by atoms with Gasteiger partial charge >= 0.3 is 0 Å². The molecule has 0 aromatic rings. The lowest BCUT2D eigenvalue weighted by atomic mass is 10.4. The van der Waals surface area contributed by atoms with E-state index in [1.54, 1.807) is 0 Å². The van der Waals surface area contributed by atoms with Crippen molar-refractivity contribution in [1.82, 2.24) is 9.03 Å². The molecule has 0 saturated heterocycles. The molecule has 0 aromatic heterocycles. The van der Waals surface area contributed by atoms with Gasteiger partial charge in [-0.15, -0.1) is 0 Å². The molecule has 0 amide bonds. The molecule has 0 atom stereocenters. The minimum Gasteiger partial charge on any atom is -0.195 e. The number of nitrogens with one attached hydrogen (secondary N) is 1. The van der Waals surface area contributed by atoms with Crippen molar-refractivity contribution in [2.45, 2.75) is 32.2 Å². The van der Waals surface area contributed by atoms with Crippen LogP contribution in [0.1, 0.15) is 26.7 Å². The molecule has 84 valence electrons. The molecule has 0 unspecified atom stereocenters. The Hall–Kier alpha value is 0.350. The lowest BCUT2D eigenvalue weighted by molar-refractivity contribution is 0.426. The van der Waals surface area contributed by atoms with Gasteiger partial charge in [-0.2, -0.15) is 17.4 Å². The minimum atomic E-state index is -3.28. The second-order valence-electron chi connectivity index (χ2n) is 3.61. The standard InChI is InChI=1S/C8H17BrN2O2S/c1-3-11(4-2)14(12,13)10-8(7-9)5-6-8/h10H,3-7H2,1-2H3. The van der Waals surface area contributed by atoms with Gasteiger partial charge in [-0.05, 0) is 12.8 Å². The van der Waals surface area contributed by atoms with E-state index in [1.807, 2.05) is 13.8 Å². The molecule has 14 heavy (non-hydrogen) atoms. The molecule has 1 saturated carbocycles. The van der Waals surface area contributed by atoms with Crippen LogP contribution >= 0.6 is 15.9 Å². The predicted octanol–water partition coefficient (Wildman–Crippen LogP) is 1.09. The van der Waals surface area contributed by atoms with E-state index in [-0.39, 0.29) is 5.54 Å². The molecule has 1 aliphatic carbocycles. The second kappa shape index (κ2) is 4.47. The third-order valence-electron chi connectivity index (χ3n) is 2.50. The summed E-state index contributed by atoms with van der Waals surface area (Å²) < 4.78 is 27.8. The molecule has 0 heterocycles. The third kappa shape index (κ3) is 2.68. The number of rotatable bonds is 6. The highest BCUT2D eigenvalue weighted by molar-refractivity contribution is 9.09. The smallest absolute Gasteiger partial charge is 0.195 e. The van der Waals surface area contributed by atoms with Crippen molar-refractivity contribution >= 4 is 26.1 Å². The predicted molar refractivity (Wildman–Crippen MR) is 60.7 cm³/mol. The Kier molecular flexibility index (Phi) is 3.96. The largest absolute Gasteiger partial charge is 0.279 e. The van der Waals surface area contributed by atoms with Gasteiger partial charge in [0.15, 0.2) is 0 Å². The fourth-order valence-electron chi connectivity index (χ4n) is 1.32. The average Bonchev–Trinajstić information content (AvgIpc) is 2.86. The van der Waals surface area contributed by atoms with Crippen molar-refractivity contribution < 1.29 is 8.42 Å². The fraction of sp³-hybridized carbons (Fsp3) is 1.00. The highest BCUT2D eigenvalue weighted by Crippen LogP contribution is 2.37. The number of hydrogen-bond donors (Lipinski definition) is 1. The summed E-state index contributed by atoms with van der Waals surface area (Å²) in [6.45, 7) is 4.72. The first-order chi connectivity index (χ1) is 6.49. The maximum Gasteiger partial charge on any atom is 0.279 e. The molecule has 0 aliphatic heterocycles. The highest BCUT2D eigenvalue weighted by Gasteiger charge is 2.45. The van der Waals surface area contributed by atoms with Crippen LogP contribution in [0.4, 0.5) is 0 Å². The van der Waals surface area contributed by atoms with E-state index in [9.17, 15) is 8.42 Å². The number of hydrogen-bond acceptors (Lipinski definition) is 2. The Labute approximate surface area is 94.4 Å². The van der Waals surface area contributed by atoms with Crippen LogP contribution in [0.15, 0.2) is 0 Å². The molecule has 1 N–H and O–H groups in total. The second-order valence-corrected chi connectivity index (χ2v) is 5.84. The van der Waals surface area contributed by atoms with Crippen LogP contribution in [0.2, 0.25) is 0 Å². The zero-order valence-electron chi connectivity index (χ0n) is 8.59. The normalized spacial score (nSPS) is 20.0. The SMILES string of the molecule is CCN(CC)S(=O)(=O)NC1(CBr)CC1. The molecule has 0 aromatic carbocycles. The summed E-state index contributed by atoms with van der Waals surface area (Å²) in [5, 5.41) is 0.695. The van der Waals surface area contributed by atoms with Crippen molar-refractivity contribution in [2.24, 2.45) is 0 Å². The molecule has 1 fully saturated rings. The number of halogens is 1. The average molecular weight is 285 g/mol. The van der Waals surface area contributed by atoms with Crippen LogP contribution < -0.4 is 4.72 Å². The molecular weight excluding hydrogens is 268 g/mol. The van der Waals surface area contributed by atoms with Crippen molar-refractivity contribution in [3.63, 3.8) is 0 Å². The first-order valence-electron chi connectivity index (χ1n) is 4.84. The number of alkyl halides is 1. The summed E-state index contributed by atoms with van der Waals surface area (Å²) in [6.07, 6.45) is 1.86. The van der Waals surface area contributed by atoms with Crippen molar-refractivity contribution in [1.29, 1.82) is 0 Å². The van der Waals surface area contributed by atoms with Gasteiger partial charge in [0.1, 0.15) is 0 Å². The van der Waals surface area contributed by atoms with Crippen molar-refractivity contribution in [2.75, 3.05) is 18.4 Å². The van der Waals surface area contributed by atoms with Gasteiger partial charge in [0.05, 0.1) is 0 Å². The Balaban J connectivity index is 2.66. The molecule has 0 spiro atoms. The van der Waals surface area contributed by atoms with Crippen LogP contribution in [0.5, 0.6) is 0 Å². The molecule has 0 bridgehead atoms. The molecule has 4 nitrogen and oxygen atoms in total. The Bertz CT molecular complexity index is 284. The molecule has 6 heteroatoms. The minimum absolute atomic E-state index is 0.207. The summed E-state index contributed by atoms with van der Waals surface area (Å²) in [5.74, 6) is 0. The summed E-state index contributed by atoms with van der Waals surface area (Å²) >= 11 is 3.33. The van der Waals surface area contributed by atoms with E-state index in [0.717, 1.165) is 12.8 Å². The Morgan fingerprint density at radius 3 is 2.14 bits per heavy atom. The lowest BCUT2D eigenvalue weighted by Crippen LogP contribution is -2.47. The van der Waals surface area contributed by atoms with Crippen LogP contribution in [0.25, 0.3) is 0 Å². The fourth-order valence-corrected chi connectivity index (χ4v) is 3.83. The van der Waals surface area contributed by atoms with Gasteiger partial charge in [0, 0.05) is 24.0 Å². The Morgan fingerprint density at radius 1 is 1.36 bits per heavy atom. The molecule has 0 radical (unpaired) electrons. The van der Waals surface area contributed by atoms with Gasteiger partial charge in [0.25, 0.3) is 10.2 Å². The van der Waals surface area contributed by atoms with E-state index in [0.29, 0.717) is 18.4 Å².